The Kier molecular flexibility index (Phi) is 15.5. The van der Waals surface area contributed by atoms with Crippen LogP contribution >= 0.6 is 0 Å². The van der Waals surface area contributed by atoms with Gasteiger partial charge in [-0.15, -0.1) is 0 Å². The van der Waals surface area contributed by atoms with Crippen molar-refractivity contribution < 1.29 is 4.74 Å². The van der Waals surface area contributed by atoms with Gasteiger partial charge in [-0.25, -0.2) is 0 Å². The molecule has 0 bridgehead atoms. The second-order valence-electron chi connectivity index (χ2n) is 6.24. The molecule has 0 rings (SSSR count). The van der Waals surface area contributed by atoms with Crippen LogP contribution < -0.4 is 10.6 Å². The average molecular weight is 329 g/mol. The number of ether oxygens (including phenoxy) is 1. The Morgan fingerprint density at radius 3 is 2.39 bits per heavy atom. The first-order valence-electron chi connectivity index (χ1n) is 9.46. The highest BCUT2D eigenvalue weighted by Gasteiger charge is 2.00. The molecule has 0 aromatic heterocycles. The average Bonchev–Trinajstić information content (AvgIpc) is 2.53. The molecular weight excluding hydrogens is 288 g/mol. The largest absolute Gasteiger partial charge is 0.381 e. The van der Waals surface area contributed by atoms with Crippen molar-refractivity contribution >= 4 is 5.96 Å². The van der Waals surface area contributed by atoms with Crippen molar-refractivity contribution in [3.8, 4) is 0 Å². The van der Waals surface area contributed by atoms with E-state index in [1.54, 1.807) is 0 Å². The van der Waals surface area contributed by atoms with Crippen LogP contribution in [0.2, 0.25) is 0 Å². The van der Waals surface area contributed by atoms with E-state index in [1.807, 2.05) is 0 Å². The Hall–Kier alpha value is -0.810. The highest BCUT2D eigenvalue weighted by molar-refractivity contribution is 5.79. The molecule has 0 heterocycles. The lowest BCUT2D eigenvalue weighted by molar-refractivity contribution is 0.109. The number of nitrogens with zero attached hydrogens (tertiary/aromatic N) is 2. The third kappa shape index (κ3) is 14.5. The van der Waals surface area contributed by atoms with E-state index in [4.69, 9.17) is 4.74 Å². The topological polar surface area (TPSA) is 48.9 Å². The van der Waals surface area contributed by atoms with E-state index in [-0.39, 0.29) is 0 Å². The van der Waals surface area contributed by atoms with Crippen LogP contribution in [0, 0.1) is 5.92 Å². The van der Waals surface area contributed by atoms with E-state index in [2.05, 4.69) is 55.1 Å². The summed E-state index contributed by atoms with van der Waals surface area (Å²) in [6.07, 6.45) is 3.39. The van der Waals surface area contributed by atoms with Gasteiger partial charge in [0, 0.05) is 32.8 Å². The third-order valence-electron chi connectivity index (χ3n) is 3.60. The molecule has 0 atom stereocenters. The summed E-state index contributed by atoms with van der Waals surface area (Å²) in [5, 5.41) is 6.72. The number of guanidine groups is 1. The summed E-state index contributed by atoms with van der Waals surface area (Å²) in [5.41, 5.74) is 0. The van der Waals surface area contributed by atoms with Gasteiger partial charge in [-0.05, 0) is 51.7 Å². The maximum Gasteiger partial charge on any atom is 0.191 e. The minimum Gasteiger partial charge on any atom is -0.381 e. The van der Waals surface area contributed by atoms with E-state index in [0.717, 1.165) is 58.3 Å². The molecule has 0 aromatic carbocycles. The Morgan fingerprint density at radius 1 is 1.04 bits per heavy atom. The molecule has 5 nitrogen and oxygen atoms in total. The van der Waals surface area contributed by atoms with Gasteiger partial charge < -0.3 is 20.3 Å². The van der Waals surface area contributed by atoms with E-state index < -0.39 is 0 Å². The molecule has 0 aliphatic carbocycles. The second-order valence-corrected chi connectivity index (χ2v) is 6.24. The molecule has 0 saturated carbocycles. The lowest BCUT2D eigenvalue weighted by Crippen LogP contribution is -2.38. The number of aliphatic imine (C=N–C) groups is 1. The number of nitrogens with one attached hydrogen (secondary N) is 2. The molecule has 0 unspecified atom stereocenters. The quantitative estimate of drug-likeness (QED) is 0.292. The van der Waals surface area contributed by atoms with Crippen LogP contribution in [0.1, 0.15) is 53.9 Å². The maximum atomic E-state index is 5.58. The first-order chi connectivity index (χ1) is 11.1. The molecule has 0 fully saturated rings. The fraction of sp³-hybridized carbons (Fsp3) is 0.944. The van der Waals surface area contributed by atoms with Gasteiger partial charge in [0.25, 0.3) is 0 Å². The molecule has 0 spiro atoms. The Labute approximate surface area is 144 Å². The summed E-state index contributed by atoms with van der Waals surface area (Å²) in [4.78, 5) is 7.07. The zero-order valence-corrected chi connectivity index (χ0v) is 16.2. The fourth-order valence-electron chi connectivity index (χ4n) is 2.23. The maximum absolute atomic E-state index is 5.58. The van der Waals surface area contributed by atoms with Crippen molar-refractivity contribution in [3.05, 3.63) is 0 Å². The molecule has 0 saturated heterocycles. The molecule has 0 amide bonds. The summed E-state index contributed by atoms with van der Waals surface area (Å²) in [6.45, 7) is 18.7. The van der Waals surface area contributed by atoms with Crippen LogP contribution in [0.15, 0.2) is 4.99 Å². The molecule has 2 N–H and O–H groups in total. The van der Waals surface area contributed by atoms with Crippen LogP contribution in [0.3, 0.4) is 0 Å². The van der Waals surface area contributed by atoms with Crippen LogP contribution in [0.4, 0.5) is 0 Å². The van der Waals surface area contributed by atoms with Gasteiger partial charge in [-0.1, -0.05) is 27.7 Å². The number of unbranched alkanes of at least 4 members (excludes halogenated alkanes) is 1. The minimum atomic E-state index is 0.605. The van der Waals surface area contributed by atoms with Gasteiger partial charge in [0.1, 0.15) is 0 Å². The highest BCUT2D eigenvalue weighted by atomic mass is 16.5. The van der Waals surface area contributed by atoms with Crippen LogP contribution in [0.5, 0.6) is 0 Å². The Balaban J connectivity index is 3.77. The zero-order valence-electron chi connectivity index (χ0n) is 16.2. The van der Waals surface area contributed by atoms with Gasteiger partial charge >= 0.3 is 0 Å². The number of rotatable bonds is 14. The van der Waals surface area contributed by atoms with Crippen LogP contribution in [-0.4, -0.2) is 63.3 Å². The second kappa shape index (κ2) is 16.1. The first kappa shape index (κ1) is 22.2. The minimum absolute atomic E-state index is 0.605. The molecule has 23 heavy (non-hydrogen) atoms. The predicted octanol–water partition coefficient (Wildman–Crippen LogP) is 2.73. The summed E-state index contributed by atoms with van der Waals surface area (Å²) in [5.74, 6) is 1.54. The lowest BCUT2D eigenvalue weighted by Gasteiger charge is -2.18. The summed E-state index contributed by atoms with van der Waals surface area (Å²) < 4.78 is 5.58. The van der Waals surface area contributed by atoms with E-state index in [1.165, 1.54) is 19.4 Å². The van der Waals surface area contributed by atoms with Gasteiger partial charge in [0.2, 0.25) is 0 Å². The normalized spacial score (nSPS) is 12.2. The van der Waals surface area contributed by atoms with Crippen molar-refractivity contribution in [2.24, 2.45) is 10.9 Å². The van der Waals surface area contributed by atoms with Gasteiger partial charge in [0.05, 0.1) is 0 Å². The van der Waals surface area contributed by atoms with Crippen LogP contribution in [0.25, 0.3) is 0 Å². The Morgan fingerprint density at radius 2 is 1.78 bits per heavy atom. The standard InChI is InChI=1S/C18H40N4O/c1-6-19-18(21-13-11-15-23-16-17(4)5)20-12-9-10-14-22(7-2)8-3/h17H,6-16H2,1-5H3,(H2,19,20,21). The van der Waals surface area contributed by atoms with Crippen molar-refractivity contribution in [1.82, 2.24) is 15.5 Å². The van der Waals surface area contributed by atoms with E-state index in [0.29, 0.717) is 5.92 Å². The molecular formula is C18H40N4O. The first-order valence-corrected chi connectivity index (χ1v) is 9.46. The summed E-state index contributed by atoms with van der Waals surface area (Å²) >= 11 is 0. The van der Waals surface area contributed by atoms with E-state index in [9.17, 15) is 0 Å². The molecule has 0 radical (unpaired) electrons. The summed E-state index contributed by atoms with van der Waals surface area (Å²) in [7, 11) is 0. The smallest absolute Gasteiger partial charge is 0.191 e. The van der Waals surface area contributed by atoms with Gasteiger partial charge in [-0.3, -0.25) is 4.99 Å². The molecule has 0 aliphatic heterocycles. The van der Waals surface area contributed by atoms with Crippen molar-refractivity contribution in [2.45, 2.75) is 53.9 Å². The van der Waals surface area contributed by atoms with Gasteiger partial charge in [-0.2, -0.15) is 0 Å². The van der Waals surface area contributed by atoms with Crippen molar-refractivity contribution in [3.63, 3.8) is 0 Å². The molecule has 0 aromatic rings. The van der Waals surface area contributed by atoms with Gasteiger partial charge in [0.15, 0.2) is 5.96 Å². The monoisotopic (exact) mass is 328 g/mol. The Bertz CT molecular complexity index is 278. The fourth-order valence-corrected chi connectivity index (χ4v) is 2.23. The predicted molar refractivity (Wildman–Crippen MR) is 101 cm³/mol. The lowest BCUT2D eigenvalue weighted by atomic mass is 10.2. The SMILES string of the molecule is CCNC(=NCCCOCC(C)C)NCCCCN(CC)CC. The van der Waals surface area contributed by atoms with Crippen molar-refractivity contribution in [1.29, 1.82) is 0 Å². The third-order valence-corrected chi connectivity index (χ3v) is 3.60. The number of hydrogen-bond donors (Lipinski definition) is 2. The highest BCUT2D eigenvalue weighted by Crippen LogP contribution is 1.95. The molecule has 0 aliphatic rings. The molecule has 5 heteroatoms. The van der Waals surface area contributed by atoms with Crippen LogP contribution in [-0.2, 0) is 4.74 Å². The number of hydrogen-bond acceptors (Lipinski definition) is 3. The zero-order chi connectivity index (χ0) is 17.3. The summed E-state index contributed by atoms with van der Waals surface area (Å²) in [6, 6.07) is 0. The van der Waals surface area contributed by atoms with E-state index >= 15 is 0 Å². The molecule has 138 valence electrons. The van der Waals surface area contributed by atoms with Crippen molar-refractivity contribution in [2.75, 3.05) is 52.5 Å².